The summed E-state index contributed by atoms with van der Waals surface area (Å²) in [5, 5.41) is 6.80. The molecule has 0 aliphatic rings. The van der Waals surface area contributed by atoms with Gasteiger partial charge < -0.3 is 0 Å². The molecule has 4 aromatic carbocycles. The standard InChI is InChI=1S/C23H14ClN/c24-22-12-6-5-7-16(22)15-13-21-19-10-2-1-8-17(19)18-9-3-4-11-20(18)23(21)25-14-15/h1-14H. The van der Waals surface area contributed by atoms with Gasteiger partial charge in [0.1, 0.15) is 0 Å². The largest absolute Gasteiger partial charge is 0.255 e. The fourth-order valence-corrected chi connectivity index (χ4v) is 3.85. The molecule has 1 nitrogen and oxygen atoms in total. The molecule has 25 heavy (non-hydrogen) atoms. The van der Waals surface area contributed by atoms with Crippen LogP contribution in [-0.4, -0.2) is 4.98 Å². The summed E-state index contributed by atoms with van der Waals surface area (Å²) < 4.78 is 0. The van der Waals surface area contributed by atoms with Crippen LogP contribution in [-0.2, 0) is 0 Å². The summed E-state index contributed by atoms with van der Waals surface area (Å²) >= 11 is 6.40. The lowest BCUT2D eigenvalue weighted by molar-refractivity contribution is 1.42. The minimum absolute atomic E-state index is 0.744. The number of benzene rings is 4. The number of hydrogen-bond acceptors (Lipinski definition) is 1. The number of hydrogen-bond donors (Lipinski definition) is 0. The molecule has 0 amide bonds. The molecule has 2 heteroatoms. The van der Waals surface area contributed by atoms with Gasteiger partial charge in [-0.2, -0.15) is 0 Å². The Bertz CT molecular complexity index is 1220. The first-order valence-electron chi connectivity index (χ1n) is 8.27. The van der Waals surface area contributed by atoms with Gasteiger partial charge in [-0.1, -0.05) is 78.3 Å². The molecule has 0 unspecified atom stereocenters. The molecule has 118 valence electrons. The lowest BCUT2D eigenvalue weighted by Gasteiger charge is -2.11. The van der Waals surface area contributed by atoms with Crippen molar-refractivity contribution in [2.75, 3.05) is 0 Å². The van der Waals surface area contributed by atoms with E-state index in [1.165, 1.54) is 21.5 Å². The molecule has 0 aliphatic heterocycles. The molecule has 5 rings (SSSR count). The van der Waals surface area contributed by atoms with Crippen LogP contribution in [0.3, 0.4) is 0 Å². The van der Waals surface area contributed by atoms with Crippen molar-refractivity contribution in [3.05, 3.63) is 90.1 Å². The highest BCUT2D eigenvalue weighted by Gasteiger charge is 2.11. The van der Waals surface area contributed by atoms with Crippen molar-refractivity contribution in [2.24, 2.45) is 0 Å². The van der Waals surface area contributed by atoms with E-state index in [0.29, 0.717) is 0 Å². The second kappa shape index (κ2) is 5.58. The Morgan fingerprint density at radius 1 is 0.600 bits per heavy atom. The summed E-state index contributed by atoms with van der Waals surface area (Å²) in [5.41, 5.74) is 3.08. The molecule has 0 fully saturated rings. The zero-order valence-electron chi connectivity index (χ0n) is 13.4. The van der Waals surface area contributed by atoms with Crippen LogP contribution in [0.15, 0.2) is 85.1 Å². The molecule has 0 saturated carbocycles. The summed E-state index contributed by atoms with van der Waals surface area (Å²) in [7, 11) is 0. The Hall–Kier alpha value is -2.90. The first-order chi connectivity index (χ1) is 12.3. The predicted molar refractivity (Wildman–Crippen MR) is 107 cm³/mol. The van der Waals surface area contributed by atoms with Gasteiger partial charge in [-0.05, 0) is 28.3 Å². The molecule has 1 aromatic heterocycles. The van der Waals surface area contributed by atoms with Crippen LogP contribution < -0.4 is 0 Å². The molecular weight excluding hydrogens is 326 g/mol. The topological polar surface area (TPSA) is 12.9 Å². The van der Waals surface area contributed by atoms with Gasteiger partial charge >= 0.3 is 0 Å². The smallest absolute Gasteiger partial charge is 0.0787 e. The first-order valence-corrected chi connectivity index (χ1v) is 8.65. The summed E-state index contributed by atoms with van der Waals surface area (Å²) in [6, 6.07) is 27.1. The average molecular weight is 340 g/mol. The summed E-state index contributed by atoms with van der Waals surface area (Å²) in [4.78, 5) is 4.82. The second-order valence-electron chi connectivity index (χ2n) is 6.19. The Labute approximate surface area is 150 Å². The zero-order chi connectivity index (χ0) is 16.8. The molecule has 5 aromatic rings. The molecular formula is C23H14ClN. The molecule has 0 N–H and O–H groups in total. The van der Waals surface area contributed by atoms with Crippen molar-refractivity contribution in [1.29, 1.82) is 0 Å². The van der Waals surface area contributed by atoms with Crippen LogP contribution in [0.5, 0.6) is 0 Å². The highest BCUT2D eigenvalue weighted by molar-refractivity contribution is 6.33. The third kappa shape index (κ3) is 2.20. The van der Waals surface area contributed by atoms with Gasteiger partial charge in [-0.15, -0.1) is 0 Å². The predicted octanol–water partition coefficient (Wildman–Crippen LogP) is 6.86. The van der Waals surface area contributed by atoms with Gasteiger partial charge in [-0.25, -0.2) is 0 Å². The van der Waals surface area contributed by atoms with E-state index < -0.39 is 0 Å². The molecule has 0 radical (unpaired) electrons. The van der Waals surface area contributed by atoms with Crippen molar-refractivity contribution < 1.29 is 0 Å². The lowest BCUT2D eigenvalue weighted by atomic mass is 9.95. The van der Waals surface area contributed by atoms with E-state index in [-0.39, 0.29) is 0 Å². The number of aromatic nitrogens is 1. The second-order valence-corrected chi connectivity index (χ2v) is 6.60. The van der Waals surface area contributed by atoms with Crippen molar-refractivity contribution in [3.8, 4) is 11.1 Å². The maximum Gasteiger partial charge on any atom is 0.0787 e. The number of fused-ring (bicyclic) bond motifs is 6. The number of nitrogens with zero attached hydrogens (tertiary/aromatic N) is 1. The minimum Gasteiger partial charge on any atom is -0.255 e. The van der Waals surface area contributed by atoms with Gasteiger partial charge in [0, 0.05) is 33.1 Å². The van der Waals surface area contributed by atoms with E-state index in [1.54, 1.807) is 0 Å². The Morgan fingerprint density at radius 2 is 1.16 bits per heavy atom. The summed E-state index contributed by atoms with van der Waals surface area (Å²) in [6.45, 7) is 0. The van der Waals surface area contributed by atoms with E-state index in [9.17, 15) is 0 Å². The first kappa shape index (κ1) is 14.4. The Balaban J connectivity index is 1.96. The van der Waals surface area contributed by atoms with Crippen LogP contribution in [0, 0.1) is 0 Å². The number of halogens is 1. The van der Waals surface area contributed by atoms with Gasteiger partial charge in [0.05, 0.1) is 5.52 Å². The normalized spacial score (nSPS) is 11.4. The maximum atomic E-state index is 6.40. The van der Waals surface area contributed by atoms with Crippen molar-refractivity contribution in [1.82, 2.24) is 4.98 Å². The van der Waals surface area contributed by atoms with Crippen LogP contribution >= 0.6 is 11.6 Å². The van der Waals surface area contributed by atoms with Crippen molar-refractivity contribution in [2.45, 2.75) is 0 Å². The van der Waals surface area contributed by atoms with Crippen molar-refractivity contribution in [3.63, 3.8) is 0 Å². The van der Waals surface area contributed by atoms with Gasteiger partial charge in [0.25, 0.3) is 0 Å². The van der Waals surface area contributed by atoms with Crippen molar-refractivity contribution >= 4 is 44.0 Å². The third-order valence-corrected chi connectivity index (χ3v) is 5.09. The average Bonchev–Trinajstić information content (AvgIpc) is 2.68. The number of rotatable bonds is 1. The molecule has 0 atom stereocenters. The zero-order valence-corrected chi connectivity index (χ0v) is 14.2. The highest BCUT2D eigenvalue weighted by Crippen LogP contribution is 2.36. The minimum atomic E-state index is 0.744. The fraction of sp³-hybridized carbons (Fsp3) is 0. The van der Waals surface area contributed by atoms with Gasteiger partial charge in [0.2, 0.25) is 0 Å². The monoisotopic (exact) mass is 339 g/mol. The fourth-order valence-electron chi connectivity index (χ4n) is 3.60. The Kier molecular flexibility index (Phi) is 3.22. The lowest BCUT2D eigenvalue weighted by Crippen LogP contribution is -1.88. The van der Waals surface area contributed by atoms with Crippen LogP contribution in [0.4, 0.5) is 0 Å². The van der Waals surface area contributed by atoms with E-state index in [2.05, 4.69) is 54.6 Å². The van der Waals surface area contributed by atoms with E-state index in [1.807, 2.05) is 30.5 Å². The number of pyridine rings is 1. The quantitative estimate of drug-likeness (QED) is 0.304. The van der Waals surface area contributed by atoms with Crippen LogP contribution in [0.1, 0.15) is 0 Å². The van der Waals surface area contributed by atoms with Gasteiger partial charge in [0.15, 0.2) is 0 Å². The van der Waals surface area contributed by atoms with Crippen LogP contribution in [0.2, 0.25) is 5.02 Å². The SMILES string of the molecule is Clc1ccccc1-c1cnc2c3ccccc3c3ccccc3c2c1. The highest BCUT2D eigenvalue weighted by atomic mass is 35.5. The van der Waals surface area contributed by atoms with E-state index >= 15 is 0 Å². The molecule has 0 bridgehead atoms. The van der Waals surface area contributed by atoms with E-state index in [4.69, 9.17) is 16.6 Å². The summed E-state index contributed by atoms with van der Waals surface area (Å²) in [5.74, 6) is 0. The maximum absolute atomic E-state index is 6.40. The Morgan fingerprint density at radius 3 is 1.88 bits per heavy atom. The summed E-state index contributed by atoms with van der Waals surface area (Å²) in [6.07, 6.45) is 1.92. The van der Waals surface area contributed by atoms with Crippen LogP contribution in [0.25, 0.3) is 43.6 Å². The molecule has 0 saturated heterocycles. The van der Waals surface area contributed by atoms with E-state index in [0.717, 1.165) is 27.1 Å². The van der Waals surface area contributed by atoms with Gasteiger partial charge in [-0.3, -0.25) is 4.98 Å². The molecule has 1 heterocycles. The molecule has 0 spiro atoms. The third-order valence-electron chi connectivity index (χ3n) is 4.76. The molecule has 0 aliphatic carbocycles.